The molecule has 1 aromatic carbocycles. The highest BCUT2D eigenvalue weighted by molar-refractivity contribution is 5.95. The first-order valence-corrected chi connectivity index (χ1v) is 9.51. The third-order valence-corrected chi connectivity index (χ3v) is 5.28. The third-order valence-electron chi connectivity index (χ3n) is 5.28. The first-order valence-electron chi connectivity index (χ1n) is 9.51. The Kier molecular flexibility index (Phi) is 5.97. The fraction of sp³-hybridized carbons (Fsp3) is 0.409. The molecule has 0 radical (unpaired) electrons. The van der Waals surface area contributed by atoms with Gasteiger partial charge >= 0.3 is 5.97 Å². The Balaban J connectivity index is 1.62. The van der Waals surface area contributed by atoms with Gasteiger partial charge in [0.25, 0.3) is 11.5 Å². The van der Waals surface area contributed by atoms with Gasteiger partial charge in [0.1, 0.15) is 5.56 Å². The minimum atomic E-state index is -0.313. The van der Waals surface area contributed by atoms with Crippen molar-refractivity contribution < 1.29 is 14.3 Å². The first kappa shape index (κ1) is 19.9. The van der Waals surface area contributed by atoms with Crippen LogP contribution in [0.1, 0.15) is 39.2 Å². The number of hydrogen-bond donors (Lipinski definition) is 1. The Labute approximate surface area is 164 Å². The number of carbonyl (C=O) groups is 2. The summed E-state index contributed by atoms with van der Waals surface area (Å²) >= 11 is 0. The number of aromatic amines is 1. The van der Waals surface area contributed by atoms with Gasteiger partial charge in [0.2, 0.25) is 0 Å². The Morgan fingerprint density at radius 1 is 1.18 bits per heavy atom. The number of methoxy groups -OCH3 is 1. The minimum Gasteiger partial charge on any atom is -0.469 e. The maximum absolute atomic E-state index is 12.8. The number of ether oxygens (including phenoxy) is 1. The van der Waals surface area contributed by atoms with Gasteiger partial charge in [-0.3, -0.25) is 14.4 Å². The summed E-state index contributed by atoms with van der Waals surface area (Å²) in [6.45, 7) is 4.93. The Morgan fingerprint density at radius 2 is 1.86 bits per heavy atom. The minimum absolute atomic E-state index is 0.185. The Hall–Kier alpha value is -2.89. The van der Waals surface area contributed by atoms with E-state index in [1.807, 2.05) is 37.3 Å². The molecule has 2 heterocycles. The molecule has 1 aromatic heterocycles. The number of hydrogen-bond acceptors (Lipinski definition) is 4. The number of likely N-dealkylation sites (tertiary alicyclic amines) is 1. The standard InChI is InChI=1S/C22H26N2O4/c1-14-10-15(2)23-21(26)20(14)22(27)24-9-8-18(13-24)11-16-4-6-17(7-5-16)12-19(25)28-3/h4-7,10,18H,8-9,11-13H2,1-3H3,(H,23,26). The lowest BCUT2D eigenvalue weighted by molar-refractivity contribution is -0.139. The number of nitrogens with one attached hydrogen (secondary N) is 1. The number of rotatable bonds is 5. The van der Waals surface area contributed by atoms with Gasteiger partial charge in [-0.25, -0.2) is 0 Å². The Bertz CT molecular complexity index is 931. The van der Waals surface area contributed by atoms with E-state index in [-0.39, 0.29) is 29.4 Å². The van der Waals surface area contributed by atoms with Gasteiger partial charge in [-0.2, -0.15) is 0 Å². The zero-order chi connectivity index (χ0) is 20.3. The van der Waals surface area contributed by atoms with Crippen LogP contribution in [-0.4, -0.2) is 42.0 Å². The highest BCUT2D eigenvalue weighted by atomic mass is 16.5. The van der Waals surface area contributed by atoms with Crippen molar-refractivity contribution in [3.63, 3.8) is 0 Å². The largest absolute Gasteiger partial charge is 0.469 e. The molecular formula is C22H26N2O4. The van der Waals surface area contributed by atoms with E-state index in [9.17, 15) is 14.4 Å². The molecule has 0 spiro atoms. The van der Waals surface area contributed by atoms with Gasteiger partial charge in [0.15, 0.2) is 0 Å². The SMILES string of the molecule is COC(=O)Cc1ccc(CC2CCN(C(=O)c3c(C)cc(C)[nH]c3=O)C2)cc1. The number of amides is 1. The average molecular weight is 382 g/mol. The zero-order valence-electron chi connectivity index (χ0n) is 16.6. The summed E-state index contributed by atoms with van der Waals surface area (Å²) in [5, 5.41) is 0. The van der Waals surface area contributed by atoms with Gasteiger partial charge in [0.05, 0.1) is 13.5 Å². The van der Waals surface area contributed by atoms with Crippen LogP contribution in [0.2, 0.25) is 0 Å². The van der Waals surface area contributed by atoms with Crippen LogP contribution in [0.5, 0.6) is 0 Å². The fourth-order valence-electron chi connectivity index (χ4n) is 3.83. The summed E-state index contributed by atoms with van der Waals surface area (Å²) < 4.78 is 4.69. The van der Waals surface area contributed by atoms with E-state index in [4.69, 9.17) is 0 Å². The van der Waals surface area contributed by atoms with Gasteiger partial charge < -0.3 is 14.6 Å². The molecule has 2 aromatic rings. The predicted molar refractivity (Wildman–Crippen MR) is 106 cm³/mol. The third kappa shape index (κ3) is 4.50. The van der Waals surface area contributed by atoms with Crippen molar-refractivity contribution in [2.75, 3.05) is 20.2 Å². The van der Waals surface area contributed by atoms with Crippen LogP contribution in [0.25, 0.3) is 0 Å². The molecule has 0 bridgehead atoms. The second kappa shape index (κ2) is 8.42. The molecule has 1 aliphatic heterocycles. The van der Waals surface area contributed by atoms with Crippen molar-refractivity contribution in [1.82, 2.24) is 9.88 Å². The summed E-state index contributed by atoms with van der Waals surface area (Å²) in [4.78, 5) is 40.9. The van der Waals surface area contributed by atoms with Gasteiger partial charge in [-0.1, -0.05) is 24.3 Å². The lowest BCUT2D eigenvalue weighted by atomic mass is 9.97. The number of esters is 1. The molecule has 3 rings (SSSR count). The van der Waals surface area contributed by atoms with Crippen molar-refractivity contribution >= 4 is 11.9 Å². The lowest BCUT2D eigenvalue weighted by Crippen LogP contribution is -2.34. The topological polar surface area (TPSA) is 79.5 Å². The van der Waals surface area contributed by atoms with Crippen LogP contribution < -0.4 is 5.56 Å². The molecule has 1 N–H and O–H groups in total. The van der Waals surface area contributed by atoms with E-state index in [1.165, 1.54) is 12.7 Å². The summed E-state index contributed by atoms with van der Waals surface area (Å²) in [5.41, 5.74) is 3.51. The van der Waals surface area contributed by atoms with E-state index in [0.717, 1.165) is 29.7 Å². The van der Waals surface area contributed by atoms with Crippen molar-refractivity contribution in [2.45, 2.75) is 33.1 Å². The molecule has 28 heavy (non-hydrogen) atoms. The second-order valence-electron chi connectivity index (χ2n) is 7.52. The molecule has 148 valence electrons. The number of H-pyrrole nitrogens is 1. The van der Waals surface area contributed by atoms with Crippen LogP contribution in [0.4, 0.5) is 0 Å². The van der Waals surface area contributed by atoms with Gasteiger partial charge in [0, 0.05) is 18.8 Å². The van der Waals surface area contributed by atoms with Crippen LogP contribution in [0.3, 0.4) is 0 Å². The van der Waals surface area contributed by atoms with Gasteiger partial charge in [-0.15, -0.1) is 0 Å². The molecule has 1 atom stereocenters. The quantitative estimate of drug-likeness (QED) is 0.806. The molecule has 1 fully saturated rings. The average Bonchev–Trinajstić information content (AvgIpc) is 3.11. The molecule has 1 saturated heterocycles. The summed E-state index contributed by atoms with van der Waals surface area (Å²) in [6.07, 6.45) is 2.05. The molecule has 1 aliphatic rings. The molecule has 0 saturated carbocycles. The number of carbonyl (C=O) groups excluding carboxylic acids is 2. The van der Waals surface area contributed by atoms with Crippen molar-refractivity contribution in [1.29, 1.82) is 0 Å². The molecule has 6 heteroatoms. The normalized spacial score (nSPS) is 16.2. The molecule has 1 unspecified atom stereocenters. The Morgan fingerprint density at radius 3 is 2.50 bits per heavy atom. The maximum Gasteiger partial charge on any atom is 0.309 e. The zero-order valence-corrected chi connectivity index (χ0v) is 16.6. The lowest BCUT2D eigenvalue weighted by Gasteiger charge is -2.17. The summed E-state index contributed by atoms with van der Waals surface area (Å²) in [5.74, 6) is -0.0750. The fourth-order valence-corrected chi connectivity index (χ4v) is 3.83. The monoisotopic (exact) mass is 382 g/mol. The number of nitrogens with zero attached hydrogens (tertiary/aromatic N) is 1. The summed E-state index contributed by atoms with van der Waals surface area (Å²) in [7, 11) is 1.38. The molecule has 1 amide bonds. The predicted octanol–water partition coefficient (Wildman–Crippen LogP) is 2.41. The van der Waals surface area contributed by atoms with Crippen molar-refractivity contribution in [2.24, 2.45) is 5.92 Å². The van der Waals surface area contributed by atoms with Crippen molar-refractivity contribution in [3.8, 4) is 0 Å². The highest BCUT2D eigenvalue weighted by Crippen LogP contribution is 2.23. The van der Waals surface area contributed by atoms with E-state index in [2.05, 4.69) is 9.72 Å². The molecule has 0 aliphatic carbocycles. The molecule has 6 nitrogen and oxygen atoms in total. The van der Waals surface area contributed by atoms with E-state index in [1.54, 1.807) is 11.8 Å². The van der Waals surface area contributed by atoms with Crippen LogP contribution in [-0.2, 0) is 22.4 Å². The van der Waals surface area contributed by atoms with Gasteiger partial charge in [-0.05, 0) is 55.4 Å². The number of aromatic nitrogens is 1. The van der Waals surface area contributed by atoms with Crippen LogP contribution in [0, 0.1) is 19.8 Å². The first-order chi connectivity index (χ1) is 13.4. The van der Waals surface area contributed by atoms with E-state index < -0.39 is 0 Å². The molecular weight excluding hydrogens is 356 g/mol. The van der Waals surface area contributed by atoms with E-state index >= 15 is 0 Å². The smallest absolute Gasteiger partial charge is 0.309 e. The van der Waals surface area contributed by atoms with Crippen molar-refractivity contribution in [3.05, 3.63) is 68.6 Å². The van der Waals surface area contributed by atoms with E-state index in [0.29, 0.717) is 19.0 Å². The second-order valence-corrected chi connectivity index (χ2v) is 7.52. The number of benzene rings is 1. The number of aryl methyl sites for hydroxylation is 2. The highest BCUT2D eigenvalue weighted by Gasteiger charge is 2.29. The van der Waals surface area contributed by atoms with Crippen LogP contribution >= 0.6 is 0 Å². The van der Waals surface area contributed by atoms with Crippen LogP contribution in [0.15, 0.2) is 35.1 Å². The summed E-state index contributed by atoms with van der Waals surface area (Å²) in [6, 6.07) is 9.77. The maximum atomic E-state index is 12.8. The number of pyridine rings is 1.